The maximum atomic E-state index is 10.4. The molecule has 1 aliphatic heterocycles. The van der Waals surface area contributed by atoms with Gasteiger partial charge in [-0.1, -0.05) is 23.7 Å². The number of nitrogens with zero attached hydrogens (tertiary/aromatic N) is 3. The molecule has 1 aromatic carbocycles. The van der Waals surface area contributed by atoms with Gasteiger partial charge in [0.2, 0.25) is 0 Å². The molecule has 1 saturated heterocycles. The van der Waals surface area contributed by atoms with Gasteiger partial charge in [0.05, 0.1) is 11.8 Å². The van der Waals surface area contributed by atoms with Crippen molar-refractivity contribution in [1.82, 2.24) is 14.7 Å². The minimum Gasteiger partial charge on any atom is -0.388 e. The Morgan fingerprint density at radius 2 is 1.92 bits per heavy atom. The predicted octanol–water partition coefficient (Wildman–Crippen LogP) is 4.17. The molecule has 1 unspecified atom stereocenters. The van der Waals surface area contributed by atoms with Gasteiger partial charge in [0, 0.05) is 29.7 Å². The molecule has 2 heterocycles. The van der Waals surface area contributed by atoms with Crippen molar-refractivity contribution in [1.29, 1.82) is 0 Å². The Labute approximate surface area is 155 Å². The van der Waals surface area contributed by atoms with Crippen LogP contribution in [0.15, 0.2) is 30.3 Å². The van der Waals surface area contributed by atoms with E-state index in [1.54, 1.807) is 0 Å². The molecule has 0 saturated carbocycles. The second kappa shape index (κ2) is 8.35. The minimum absolute atomic E-state index is 0.417. The summed E-state index contributed by atoms with van der Waals surface area (Å²) in [4.78, 5) is 2.47. The van der Waals surface area contributed by atoms with E-state index in [9.17, 15) is 5.11 Å². The molecule has 1 aromatic heterocycles. The molecule has 0 bridgehead atoms. The van der Waals surface area contributed by atoms with E-state index >= 15 is 0 Å². The topological polar surface area (TPSA) is 41.3 Å². The van der Waals surface area contributed by atoms with Gasteiger partial charge in [0.25, 0.3) is 0 Å². The van der Waals surface area contributed by atoms with Crippen molar-refractivity contribution < 1.29 is 5.11 Å². The van der Waals surface area contributed by atoms with Gasteiger partial charge in [0.15, 0.2) is 0 Å². The fourth-order valence-corrected chi connectivity index (χ4v) is 3.88. The number of hydrogen-bond donors (Lipinski definition) is 1. The van der Waals surface area contributed by atoms with Crippen LogP contribution in [-0.2, 0) is 6.54 Å². The standard InChI is InChI=1S/C20H28ClN3O/c1-3-24-19(14-15(2)22-24)16-8-11-23(12-9-16)13-10-20(25)17-4-6-18(21)7-5-17/h4-7,14,16,20,25H,3,8-13H2,1-2H3. The SMILES string of the molecule is CCn1nc(C)cc1C1CCN(CCC(O)c2ccc(Cl)cc2)CC1. The zero-order valence-electron chi connectivity index (χ0n) is 15.2. The molecule has 0 amide bonds. The van der Waals surface area contributed by atoms with Crippen LogP contribution >= 0.6 is 11.6 Å². The van der Waals surface area contributed by atoms with E-state index in [1.165, 1.54) is 18.5 Å². The zero-order chi connectivity index (χ0) is 17.8. The van der Waals surface area contributed by atoms with E-state index in [-0.39, 0.29) is 0 Å². The summed E-state index contributed by atoms with van der Waals surface area (Å²) in [7, 11) is 0. The number of aryl methyl sites for hydroxylation is 2. The van der Waals surface area contributed by atoms with Gasteiger partial charge in [-0.05, 0) is 70.0 Å². The van der Waals surface area contributed by atoms with Crippen molar-refractivity contribution in [2.24, 2.45) is 0 Å². The Morgan fingerprint density at radius 1 is 1.24 bits per heavy atom. The Bertz CT molecular complexity index is 675. The number of piperidine rings is 1. The highest BCUT2D eigenvalue weighted by molar-refractivity contribution is 6.30. The Balaban J connectivity index is 1.48. The van der Waals surface area contributed by atoms with Crippen LogP contribution in [-0.4, -0.2) is 39.4 Å². The molecule has 0 spiro atoms. The monoisotopic (exact) mass is 361 g/mol. The van der Waals surface area contributed by atoms with Crippen LogP contribution < -0.4 is 0 Å². The molecule has 5 heteroatoms. The fraction of sp³-hybridized carbons (Fsp3) is 0.550. The number of rotatable bonds is 6. The van der Waals surface area contributed by atoms with Crippen LogP contribution in [0, 0.1) is 6.92 Å². The molecule has 3 rings (SSSR count). The summed E-state index contributed by atoms with van der Waals surface area (Å²) in [6.07, 6.45) is 2.68. The van der Waals surface area contributed by atoms with Crippen LogP contribution in [0.3, 0.4) is 0 Å². The van der Waals surface area contributed by atoms with Crippen molar-refractivity contribution in [2.45, 2.75) is 51.7 Å². The second-order valence-electron chi connectivity index (χ2n) is 7.00. The number of aliphatic hydroxyl groups excluding tert-OH is 1. The lowest BCUT2D eigenvalue weighted by Gasteiger charge is -2.32. The third-order valence-electron chi connectivity index (χ3n) is 5.21. The molecule has 0 aliphatic carbocycles. The molecular formula is C20H28ClN3O. The van der Waals surface area contributed by atoms with Gasteiger partial charge >= 0.3 is 0 Å². The van der Waals surface area contributed by atoms with Crippen LogP contribution in [0.5, 0.6) is 0 Å². The van der Waals surface area contributed by atoms with E-state index < -0.39 is 6.10 Å². The molecule has 1 atom stereocenters. The first-order valence-electron chi connectivity index (χ1n) is 9.27. The first-order valence-corrected chi connectivity index (χ1v) is 9.65. The van der Waals surface area contributed by atoms with E-state index in [1.807, 2.05) is 24.3 Å². The quantitative estimate of drug-likeness (QED) is 0.839. The molecule has 1 fully saturated rings. The molecule has 25 heavy (non-hydrogen) atoms. The van der Waals surface area contributed by atoms with Gasteiger partial charge in [-0.3, -0.25) is 4.68 Å². The molecule has 1 N–H and O–H groups in total. The number of benzene rings is 1. The minimum atomic E-state index is -0.417. The Morgan fingerprint density at radius 3 is 2.56 bits per heavy atom. The lowest BCUT2D eigenvalue weighted by atomic mass is 9.93. The van der Waals surface area contributed by atoms with Crippen molar-refractivity contribution >= 4 is 11.6 Å². The Hall–Kier alpha value is -1.36. The molecule has 0 radical (unpaired) electrons. The number of halogens is 1. The van der Waals surface area contributed by atoms with Crippen molar-refractivity contribution in [3.05, 3.63) is 52.3 Å². The van der Waals surface area contributed by atoms with Crippen LogP contribution in [0.4, 0.5) is 0 Å². The number of aliphatic hydroxyl groups is 1. The molecule has 1 aliphatic rings. The van der Waals surface area contributed by atoms with Crippen LogP contribution in [0.25, 0.3) is 0 Å². The van der Waals surface area contributed by atoms with E-state index in [4.69, 9.17) is 11.6 Å². The number of aromatic nitrogens is 2. The first kappa shape index (κ1) is 18.4. The maximum absolute atomic E-state index is 10.4. The van der Waals surface area contributed by atoms with Crippen molar-refractivity contribution in [3.8, 4) is 0 Å². The smallest absolute Gasteiger partial charge is 0.0802 e. The molecule has 136 valence electrons. The van der Waals surface area contributed by atoms with Crippen LogP contribution in [0.2, 0.25) is 5.02 Å². The summed E-state index contributed by atoms with van der Waals surface area (Å²) >= 11 is 5.91. The lowest BCUT2D eigenvalue weighted by molar-refractivity contribution is 0.130. The summed E-state index contributed by atoms with van der Waals surface area (Å²) in [5, 5.41) is 15.7. The van der Waals surface area contributed by atoms with Crippen molar-refractivity contribution in [3.63, 3.8) is 0 Å². The Kier molecular flexibility index (Phi) is 6.15. The fourth-order valence-electron chi connectivity index (χ4n) is 3.76. The predicted molar refractivity (Wildman–Crippen MR) is 102 cm³/mol. The second-order valence-corrected chi connectivity index (χ2v) is 7.43. The average Bonchev–Trinajstić information content (AvgIpc) is 3.01. The molecule has 2 aromatic rings. The summed E-state index contributed by atoms with van der Waals surface area (Å²) in [5.41, 5.74) is 3.45. The summed E-state index contributed by atoms with van der Waals surface area (Å²) in [5.74, 6) is 0.610. The van der Waals surface area contributed by atoms with E-state index in [2.05, 4.69) is 34.6 Å². The summed E-state index contributed by atoms with van der Waals surface area (Å²) < 4.78 is 2.15. The van der Waals surface area contributed by atoms with Gasteiger partial charge in [-0.25, -0.2) is 0 Å². The average molecular weight is 362 g/mol. The highest BCUT2D eigenvalue weighted by Crippen LogP contribution is 2.29. The third-order valence-corrected chi connectivity index (χ3v) is 5.46. The lowest BCUT2D eigenvalue weighted by Crippen LogP contribution is -2.34. The normalized spacial score (nSPS) is 17.8. The third kappa shape index (κ3) is 4.63. The van der Waals surface area contributed by atoms with Gasteiger partial charge in [0.1, 0.15) is 0 Å². The van der Waals surface area contributed by atoms with Gasteiger partial charge in [-0.2, -0.15) is 5.10 Å². The van der Waals surface area contributed by atoms with Gasteiger partial charge < -0.3 is 10.0 Å². The number of likely N-dealkylation sites (tertiary alicyclic amines) is 1. The molecule has 4 nitrogen and oxygen atoms in total. The first-order chi connectivity index (χ1) is 12.1. The van der Waals surface area contributed by atoms with E-state index in [0.717, 1.165) is 43.9 Å². The van der Waals surface area contributed by atoms with Gasteiger partial charge in [-0.15, -0.1) is 0 Å². The maximum Gasteiger partial charge on any atom is 0.0802 e. The van der Waals surface area contributed by atoms with Crippen molar-refractivity contribution in [2.75, 3.05) is 19.6 Å². The molecular weight excluding hydrogens is 334 g/mol. The highest BCUT2D eigenvalue weighted by atomic mass is 35.5. The van der Waals surface area contributed by atoms with Crippen LogP contribution in [0.1, 0.15) is 55.2 Å². The largest absolute Gasteiger partial charge is 0.388 e. The zero-order valence-corrected chi connectivity index (χ0v) is 15.9. The number of hydrogen-bond acceptors (Lipinski definition) is 3. The highest BCUT2D eigenvalue weighted by Gasteiger charge is 2.24. The summed E-state index contributed by atoms with van der Waals surface area (Å²) in [6.45, 7) is 8.28. The van der Waals surface area contributed by atoms with E-state index in [0.29, 0.717) is 10.9 Å². The summed E-state index contributed by atoms with van der Waals surface area (Å²) in [6, 6.07) is 9.74.